The number of rotatable bonds is 10. The van der Waals surface area contributed by atoms with Gasteiger partial charge in [-0.05, 0) is 60.2 Å². The lowest BCUT2D eigenvalue weighted by atomic mass is 10.0. The summed E-state index contributed by atoms with van der Waals surface area (Å²) < 4.78 is 14.4. The standard InChI is InChI=1S/C32H23BrFN7O2S2/c33-22-11-5-20(6-12-22)29-38-40-31(44-29)36-27(42)17-18-28(43)37-32-41-39-30(45-32)21-9-15-24(16-10-21)35-26-4-2-1-3-25(26)19-7-13-23(34)14-8-19/h1-16,35H,17-18H2,(H,36,40,42)(H,37,41,43). The first-order valence-electron chi connectivity index (χ1n) is 13.6. The molecule has 6 rings (SSSR count). The molecule has 2 aromatic heterocycles. The first-order valence-corrected chi connectivity index (χ1v) is 16.1. The second kappa shape index (κ2) is 13.8. The Hall–Kier alpha value is -4.85. The van der Waals surface area contributed by atoms with Gasteiger partial charge in [-0.25, -0.2) is 4.39 Å². The molecule has 0 bridgehead atoms. The Labute approximate surface area is 273 Å². The molecule has 0 fully saturated rings. The number of benzene rings is 4. The SMILES string of the molecule is O=C(CCC(=O)Nc1nnc(-c2ccc(Nc3ccccc3-c3ccc(F)cc3)cc2)s1)Nc1nnc(-c2ccc(Br)cc2)s1. The number of hydrogen-bond acceptors (Lipinski definition) is 9. The van der Waals surface area contributed by atoms with Crippen molar-refractivity contribution >= 4 is 72.1 Å². The van der Waals surface area contributed by atoms with Crippen LogP contribution in [0.2, 0.25) is 0 Å². The van der Waals surface area contributed by atoms with Crippen LogP contribution in [0.1, 0.15) is 12.8 Å². The van der Waals surface area contributed by atoms with Gasteiger partial charge >= 0.3 is 0 Å². The molecule has 9 nitrogen and oxygen atoms in total. The molecular weight excluding hydrogens is 677 g/mol. The van der Waals surface area contributed by atoms with E-state index in [9.17, 15) is 14.0 Å². The van der Waals surface area contributed by atoms with Crippen molar-refractivity contribution in [3.05, 3.63) is 107 Å². The summed E-state index contributed by atoms with van der Waals surface area (Å²) in [6, 6.07) is 29.5. The zero-order valence-electron chi connectivity index (χ0n) is 23.3. The second-order valence-electron chi connectivity index (χ2n) is 9.68. The van der Waals surface area contributed by atoms with Crippen LogP contribution in [0.15, 0.2) is 102 Å². The maximum absolute atomic E-state index is 13.4. The summed E-state index contributed by atoms with van der Waals surface area (Å²) in [7, 11) is 0. The molecule has 2 amide bonds. The van der Waals surface area contributed by atoms with Crippen LogP contribution in [0.5, 0.6) is 0 Å². The zero-order chi connectivity index (χ0) is 31.2. The van der Waals surface area contributed by atoms with E-state index >= 15 is 0 Å². The third kappa shape index (κ3) is 7.81. The number of aromatic nitrogens is 4. The zero-order valence-corrected chi connectivity index (χ0v) is 26.5. The molecule has 3 N–H and O–H groups in total. The normalized spacial score (nSPS) is 10.8. The Morgan fingerprint density at radius 3 is 1.73 bits per heavy atom. The Balaban J connectivity index is 1.00. The Morgan fingerprint density at radius 2 is 1.16 bits per heavy atom. The molecule has 6 aromatic rings. The average Bonchev–Trinajstić information content (AvgIpc) is 3.72. The summed E-state index contributed by atoms with van der Waals surface area (Å²) in [6.45, 7) is 0. The molecule has 2 heterocycles. The molecule has 224 valence electrons. The van der Waals surface area contributed by atoms with Crippen molar-refractivity contribution in [2.75, 3.05) is 16.0 Å². The smallest absolute Gasteiger partial charge is 0.226 e. The van der Waals surface area contributed by atoms with Crippen LogP contribution in [0.3, 0.4) is 0 Å². The minimum atomic E-state index is -0.347. The van der Waals surface area contributed by atoms with Crippen LogP contribution in [-0.4, -0.2) is 32.2 Å². The lowest BCUT2D eigenvalue weighted by Crippen LogP contribution is -2.17. The van der Waals surface area contributed by atoms with Crippen molar-refractivity contribution in [3.63, 3.8) is 0 Å². The fraction of sp³-hybridized carbons (Fsp3) is 0.0625. The number of carbonyl (C=O) groups excluding carboxylic acids is 2. The van der Waals surface area contributed by atoms with Gasteiger partial charge < -0.3 is 16.0 Å². The van der Waals surface area contributed by atoms with E-state index in [0.717, 1.165) is 38.1 Å². The van der Waals surface area contributed by atoms with E-state index in [0.29, 0.717) is 20.3 Å². The number of nitrogens with one attached hydrogen (secondary N) is 3. The molecule has 0 saturated heterocycles. The fourth-order valence-corrected chi connectivity index (χ4v) is 6.08. The fourth-order valence-electron chi connectivity index (χ4n) is 4.29. The molecule has 0 saturated carbocycles. The van der Waals surface area contributed by atoms with Crippen molar-refractivity contribution in [2.24, 2.45) is 0 Å². The van der Waals surface area contributed by atoms with E-state index in [-0.39, 0.29) is 30.5 Å². The molecule has 0 unspecified atom stereocenters. The molecule has 0 aliphatic carbocycles. The summed E-state index contributed by atoms with van der Waals surface area (Å²) in [5, 5.41) is 27.3. The summed E-state index contributed by atoms with van der Waals surface area (Å²) in [4.78, 5) is 24.9. The van der Waals surface area contributed by atoms with Crippen molar-refractivity contribution in [1.29, 1.82) is 0 Å². The highest BCUT2D eigenvalue weighted by Gasteiger charge is 2.14. The number of amides is 2. The minimum Gasteiger partial charge on any atom is -0.355 e. The molecule has 0 atom stereocenters. The Bertz CT molecular complexity index is 1950. The summed E-state index contributed by atoms with van der Waals surface area (Å²) >= 11 is 5.89. The van der Waals surface area contributed by atoms with Crippen LogP contribution in [-0.2, 0) is 9.59 Å². The third-order valence-electron chi connectivity index (χ3n) is 6.51. The molecule has 0 spiro atoms. The van der Waals surface area contributed by atoms with Gasteiger partial charge in [0, 0.05) is 45.4 Å². The van der Waals surface area contributed by atoms with Gasteiger partial charge in [-0.3, -0.25) is 9.59 Å². The van der Waals surface area contributed by atoms with E-state index in [1.165, 1.54) is 34.8 Å². The number of hydrogen-bond donors (Lipinski definition) is 3. The van der Waals surface area contributed by atoms with Gasteiger partial charge in [0.15, 0.2) is 0 Å². The molecule has 4 aromatic carbocycles. The number of halogens is 2. The first-order chi connectivity index (χ1) is 21.9. The molecule has 0 aliphatic rings. The van der Waals surface area contributed by atoms with E-state index in [1.807, 2.05) is 72.8 Å². The highest BCUT2D eigenvalue weighted by molar-refractivity contribution is 9.10. The molecule has 0 radical (unpaired) electrons. The van der Waals surface area contributed by atoms with Crippen LogP contribution in [0, 0.1) is 5.82 Å². The quantitative estimate of drug-likeness (QED) is 0.131. The van der Waals surface area contributed by atoms with E-state index < -0.39 is 0 Å². The third-order valence-corrected chi connectivity index (χ3v) is 8.81. The van der Waals surface area contributed by atoms with Gasteiger partial charge in [-0.1, -0.05) is 81.1 Å². The van der Waals surface area contributed by atoms with Crippen molar-refractivity contribution < 1.29 is 14.0 Å². The lowest BCUT2D eigenvalue weighted by molar-refractivity contribution is -0.121. The van der Waals surface area contributed by atoms with Crippen LogP contribution >= 0.6 is 38.6 Å². The maximum Gasteiger partial charge on any atom is 0.226 e. The van der Waals surface area contributed by atoms with E-state index in [1.54, 1.807) is 12.1 Å². The average molecular weight is 701 g/mol. The van der Waals surface area contributed by atoms with Gasteiger partial charge in [0.1, 0.15) is 15.8 Å². The highest BCUT2D eigenvalue weighted by Crippen LogP contribution is 2.32. The first kappa shape index (κ1) is 30.2. The van der Waals surface area contributed by atoms with Crippen molar-refractivity contribution in [2.45, 2.75) is 12.8 Å². The predicted molar refractivity (Wildman–Crippen MR) is 180 cm³/mol. The maximum atomic E-state index is 13.4. The molecule has 0 aliphatic heterocycles. The summed E-state index contributed by atoms with van der Waals surface area (Å²) in [5.74, 6) is -0.963. The molecular formula is C32H23BrFN7O2S2. The monoisotopic (exact) mass is 699 g/mol. The summed E-state index contributed by atoms with van der Waals surface area (Å²) in [5.41, 5.74) is 5.34. The number of carbonyl (C=O) groups is 2. The van der Waals surface area contributed by atoms with Gasteiger partial charge in [0.25, 0.3) is 0 Å². The van der Waals surface area contributed by atoms with E-state index in [4.69, 9.17) is 0 Å². The summed E-state index contributed by atoms with van der Waals surface area (Å²) in [6.07, 6.45) is -0.0532. The lowest BCUT2D eigenvalue weighted by Gasteiger charge is -2.12. The molecule has 13 heteroatoms. The Kier molecular flexibility index (Phi) is 9.29. The van der Waals surface area contributed by atoms with Gasteiger partial charge in [-0.2, -0.15) is 0 Å². The largest absolute Gasteiger partial charge is 0.355 e. The van der Waals surface area contributed by atoms with Crippen molar-refractivity contribution in [1.82, 2.24) is 20.4 Å². The number of nitrogens with zero attached hydrogens (tertiary/aromatic N) is 4. The second-order valence-corrected chi connectivity index (χ2v) is 12.6. The highest BCUT2D eigenvalue weighted by atomic mass is 79.9. The van der Waals surface area contributed by atoms with Crippen LogP contribution in [0.25, 0.3) is 32.3 Å². The number of para-hydroxylation sites is 1. The molecule has 45 heavy (non-hydrogen) atoms. The van der Waals surface area contributed by atoms with E-state index in [2.05, 4.69) is 52.3 Å². The van der Waals surface area contributed by atoms with Gasteiger partial charge in [0.05, 0.1) is 0 Å². The number of anilines is 4. The van der Waals surface area contributed by atoms with Crippen LogP contribution in [0.4, 0.5) is 26.0 Å². The Morgan fingerprint density at radius 1 is 0.644 bits per heavy atom. The van der Waals surface area contributed by atoms with Gasteiger partial charge in [-0.15, -0.1) is 20.4 Å². The van der Waals surface area contributed by atoms with Crippen LogP contribution < -0.4 is 16.0 Å². The van der Waals surface area contributed by atoms with Gasteiger partial charge in [0.2, 0.25) is 22.1 Å². The predicted octanol–water partition coefficient (Wildman–Crippen LogP) is 8.39. The minimum absolute atomic E-state index is 0.0244. The topological polar surface area (TPSA) is 122 Å². The van der Waals surface area contributed by atoms with Crippen molar-refractivity contribution in [3.8, 4) is 32.3 Å².